The van der Waals surface area contributed by atoms with Gasteiger partial charge in [0.2, 0.25) is 5.82 Å². The summed E-state index contributed by atoms with van der Waals surface area (Å²) < 4.78 is 0. The second kappa shape index (κ2) is 7.90. The molecule has 0 unspecified atom stereocenters. The highest BCUT2D eigenvalue weighted by molar-refractivity contribution is 7.99. The Kier molecular flexibility index (Phi) is 5.61. The van der Waals surface area contributed by atoms with Crippen molar-refractivity contribution in [1.82, 2.24) is 9.97 Å². The van der Waals surface area contributed by atoms with Gasteiger partial charge in [-0.1, -0.05) is 41.0 Å². The summed E-state index contributed by atoms with van der Waals surface area (Å²) in [6, 6.07) is 12.2. The maximum absolute atomic E-state index is 11.7. The molecule has 0 fully saturated rings. The number of rotatable bonds is 5. The third-order valence-electron chi connectivity index (χ3n) is 3.45. The first-order valence-corrected chi connectivity index (χ1v) is 8.97. The second-order valence-electron chi connectivity index (χ2n) is 5.27. The van der Waals surface area contributed by atoms with Gasteiger partial charge in [-0.05, 0) is 48.9 Å². The predicted octanol–water partition coefficient (Wildman–Crippen LogP) is 5.89. The maximum Gasteiger partial charge on any atom is 0.343 e. The fourth-order valence-corrected chi connectivity index (χ4v) is 3.33. The number of nitro groups is 1. The van der Waals surface area contributed by atoms with Crippen LogP contribution in [0.1, 0.15) is 5.56 Å². The van der Waals surface area contributed by atoms with Crippen molar-refractivity contribution < 1.29 is 4.92 Å². The van der Waals surface area contributed by atoms with Gasteiger partial charge in [-0.25, -0.2) is 9.97 Å². The van der Waals surface area contributed by atoms with E-state index in [0.29, 0.717) is 15.7 Å². The zero-order valence-corrected chi connectivity index (χ0v) is 15.8. The Balaban J connectivity index is 1.99. The first-order chi connectivity index (χ1) is 12.4. The van der Waals surface area contributed by atoms with Crippen LogP contribution in [0.4, 0.5) is 17.2 Å². The van der Waals surface area contributed by atoms with E-state index < -0.39 is 4.92 Å². The van der Waals surface area contributed by atoms with Crippen LogP contribution in [-0.4, -0.2) is 14.9 Å². The molecule has 0 saturated carbocycles. The average Bonchev–Trinajstić information content (AvgIpc) is 2.60. The second-order valence-corrected chi connectivity index (χ2v) is 7.21. The van der Waals surface area contributed by atoms with Gasteiger partial charge in [0.25, 0.3) is 0 Å². The quantitative estimate of drug-likeness (QED) is 0.322. The van der Waals surface area contributed by atoms with E-state index in [1.54, 1.807) is 36.4 Å². The Morgan fingerprint density at radius 1 is 1.08 bits per heavy atom. The number of halogens is 2. The molecule has 2 aromatic carbocycles. The van der Waals surface area contributed by atoms with Gasteiger partial charge in [0.15, 0.2) is 5.03 Å². The van der Waals surface area contributed by atoms with E-state index in [1.807, 2.05) is 13.0 Å². The summed E-state index contributed by atoms with van der Waals surface area (Å²) in [6.45, 7) is 1.87. The molecule has 1 aromatic heterocycles. The van der Waals surface area contributed by atoms with Gasteiger partial charge in [0.05, 0.1) is 4.92 Å². The summed E-state index contributed by atoms with van der Waals surface area (Å²) in [4.78, 5) is 20.0. The van der Waals surface area contributed by atoms with E-state index in [1.165, 1.54) is 18.1 Å². The molecule has 6 nitrogen and oxygen atoms in total. The van der Waals surface area contributed by atoms with E-state index in [2.05, 4.69) is 15.3 Å². The third kappa shape index (κ3) is 4.24. The largest absolute Gasteiger partial charge is 0.343 e. The predicted molar refractivity (Wildman–Crippen MR) is 104 cm³/mol. The van der Waals surface area contributed by atoms with E-state index in [-0.39, 0.29) is 16.5 Å². The lowest BCUT2D eigenvalue weighted by atomic mass is 10.2. The molecule has 3 aromatic rings. The number of hydrogen-bond acceptors (Lipinski definition) is 6. The smallest absolute Gasteiger partial charge is 0.334 e. The van der Waals surface area contributed by atoms with Gasteiger partial charge < -0.3 is 5.32 Å². The Morgan fingerprint density at radius 2 is 1.77 bits per heavy atom. The molecule has 0 saturated heterocycles. The zero-order chi connectivity index (χ0) is 18.7. The molecule has 1 N–H and O–H groups in total. The first kappa shape index (κ1) is 18.4. The summed E-state index contributed by atoms with van der Waals surface area (Å²) in [5.41, 5.74) is 1.32. The van der Waals surface area contributed by atoms with Crippen LogP contribution in [0.25, 0.3) is 0 Å². The topological polar surface area (TPSA) is 81.0 Å². The number of aryl methyl sites for hydroxylation is 1. The number of nitrogens with zero attached hydrogens (tertiary/aromatic N) is 3. The molecule has 26 heavy (non-hydrogen) atoms. The summed E-state index contributed by atoms with van der Waals surface area (Å²) in [5.74, 6) is 0.104. The van der Waals surface area contributed by atoms with Gasteiger partial charge in [-0.3, -0.25) is 10.1 Å². The van der Waals surface area contributed by atoms with Crippen molar-refractivity contribution in [3.05, 3.63) is 74.5 Å². The normalized spacial score (nSPS) is 10.6. The highest BCUT2D eigenvalue weighted by Gasteiger charge is 2.24. The van der Waals surface area contributed by atoms with Crippen LogP contribution in [0.15, 0.2) is 58.7 Å². The lowest BCUT2D eigenvalue weighted by Gasteiger charge is -2.11. The molecule has 0 aliphatic rings. The van der Waals surface area contributed by atoms with E-state index in [9.17, 15) is 10.1 Å². The Morgan fingerprint density at radius 3 is 2.46 bits per heavy atom. The SMILES string of the molecule is Cc1ccc(Cl)cc1Nc1ncnc(Sc2ccc(Cl)cc2)c1[N+](=O)[O-]. The number of hydrogen-bond donors (Lipinski definition) is 1. The van der Waals surface area contributed by atoms with Crippen molar-refractivity contribution >= 4 is 52.2 Å². The summed E-state index contributed by atoms with van der Waals surface area (Å²) in [6.07, 6.45) is 1.29. The van der Waals surface area contributed by atoms with Crippen LogP contribution in [0, 0.1) is 17.0 Å². The van der Waals surface area contributed by atoms with Crippen LogP contribution in [0.2, 0.25) is 10.0 Å². The van der Waals surface area contributed by atoms with Gasteiger partial charge in [0, 0.05) is 20.6 Å². The minimum atomic E-state index is -0.500. The Bertz CT molecular complexity index is 967. The molecule has 0 aliphatic carbocycles. The van der Waals surface area contributed by atoms with E-state index >= 15 is 0 Å². The number of benzene rings is 2. The molecular weight excluding hydrogens is 395 g/mol. The number of nitrogens with one attached hydrogen (secondary N) is 1. The molecule has 0 aliphatic heterocycles. The molecule has 1 heterocycles. The van der Waals surface area contributed by atoms with Crippen LogP contribution in [-0.2, 0) is 0 Å². The van der Waals surface area contributed by atoms with E-state index in [0.717, 1.165) is 10.5 Å². The fourth-order valence-electron chi connectivity index (χ4n) is 2.16. The number of anilines is 2. The fraction of sp³-hybridized carbons (Fsp3) is 0.0588. The van der Waals surface area contributed by atoms with Crippen molar-refractivity contribution in [2.24, 2.45) is 0 Å². The molecule has 0 atom stereocenters. The van der Waals surface area contributed by atoms with Crippen LogP contribution < -0.4 is 5.32 Å². The molecule has 0 bridgehead atoms. The summed E-state index contributed by atoms with van der Waals surface area (Å²) in [7, 11) is 0. The van der Waals surface area contributed by atoms with Crippen molar-refractivity contribution in [2.45, 2.75) is 16.8 Å². The van der Waals surface area contributed by atoms with Crippen molar-refractivity contribution in [1.29, 1.82) is 0 Å². The van der Waals surface area contributed by atoms with Crippen LogP contribution >= 0.6 is 35.0 Å². The zero-order valence-electron chi connectivity index (χ0n) is 13.4. The Hall–Kier alpha value is -2.35. The molecule has 132 valence electrons. The monoisotopic (exact) mass is 406 g/mol. The molecule has 0 amide bonds. The van der Waals surface area contributed by atoms with Gasteiger partial charge in [0.1, 0.15) is 6.33 Å². The van der Waals surface area contributed by atoms with Gasteiger partial charge in [-0.2, -0.15) is 0 Å². The van der Waals surface area contributed by atoms with Crippen LogP contribution in [0.3, 0.4) is 0 Å². The molecule has 3 rings (SSSR count). The van der Waals surface area contributed by atoms with Crippen molar-refractivity contribution in [3.8, 4) is 0 Å². The first-order valence-electron chi connectivity index (χ1n) is 7.40. The minimum absolute atomic E-state index is 0.104. The molecule has 9 heteroatoms. The van der Waals surface area contributed by atoms with Crippen molar-refractivity contribution in [2.75, 3.05) is 5.32 Å². The standard InChI is InChI=1S/C17H12Cl2N4O2S/c1-10-2-3-12(19)8-14(10)22-16-15(23(24)25)17(21-9-20-16)26-13-6-4-11(18)5-7-13/h2-9H,1H3,(H,20,21,22). The van der Waals surface area contributed by atoms with Gasteiger partial charge >= 0.3 is 5.69 Å². The highest BCUT2D eigenvalue weighted by atomic mass is 35.5. The van der Waals surface area contributed by atoms with Crippen LogP contribution in [0.5, 0.6) is 0 Å². The molecular formula is C17H12Cl2N4O2S. The summed E-state index contributed by atoms with van der Waals surface area (Å²) in [5, 5.41) is 16.0. The third-order valence-corrected chi connectivity index (χ3v) is 4.94. The molecule has 0 spiro atoms. The lowest BCUT2D eigenvalue weighted by molar-refractivity contribution is -0.387. The van der Waals surface area contributed by atoms with Crippen molar-refractivity contribution in [3.63, 3.8) is 0 Å². The summed E-state index contributed by atoms with van der Waals surface area (Å²) >= 11 is 13.1. The lowest BCUT2D eigenvalue weighted by Crippen LogP contribution is -2.03. The maximum atomic E-state index is 11.7. The Labute approximate surface area is 163 Å². The average molecular weight is 407 g/mol. The number of aromatic nitrogens is 2. The highest BCUT2D eigenvalue weighted by Crippen LogP contribution is 2.38. The molecule has 0 radical (unpaired) electrons. The minimum Gasteiger partial charge on any atom is -0.334 e. The van der Waals surface area contributed by atoms with E-state index in [4.69, 9.17) is 23.2 Å². The van der Waals surface area contributed by atoms with Gasteiger partial charge in [-0.15, -0.1) is 0 Å².